The minimum atomic E-state index is -4.83. The smallest absolute Gasteiger partial charge is 0.406 e. The number of rotatable bonds is 4. The summed E-state index contributed by atoms with van der Waals surface area (Å²) in [6, 6.07) is 4.97. The first-order chi connectivity index (χ1) is 9.76. The van der Waals surface area contributed by atoms with Gasteiger partial charge < -0.3 is 4.74 Å². The van der Waals surface area contributed by atoms with E-state index in [1.54, 1.807) is 6.07 Å². The third kappa shape index (κ3) is 5.13. The van der Waals surface area contributed by atoms with Gasteiger partial charge in [-0.15, -0.1) is 13.2 Å². The molecule has 1 N–H and O–H groups in total. The summed E-state index contributed by atoms with van der Waals surface area (Å²) in [6.45, 7) is 0. The fraction of sp³-hybridized carbons (Fsp3) is 0.167. The molecular formula is C12H6ClF3N4O. The molecule has 21 heavy (non-hydrogen) atoms. The lowest BCUT2D eigenvalue weighted by Crippen LogP contribution is -2.17. The summed E-state index contributed by atoms with van der Waals surface area (Å²) < 4.78 is 39.7. The second-order valence-electron chi connectivity index (χ2n) is 3.57. The van der Waals surface area contributed by atoms with Crippen molar-refractivity contribution in [1.82, 2.24) is 0 Å². The molecule has 0 aliphatic heterocycles. The fourth-order valence-corrected chi connectivity index (χ4v) is 1.42. The Morgan fingerprint density at radius 2 is 2.10 bits per heavy atom. The van der Waals surface area contributed by atoms with Crippen molar-refractivity contribution in [3.63, 3.8) is 0 Å². The van der Waals surface area contributed by atoms with Gasteiger partial charge in [-0.2, -0.15) is 10.5 Å². The van der Waals surface area contributed by atoms with Crippen LogP contribution in [0.15, 0.2) is 23.2 Å². The molecule has 108 valence electrons. The van der Waals surface area contributed by atoms with Crippen molar-refractivity contribution in [3.05, 3.63) is 28.8 Å². The Bertz CT molecular complexity index is 658. The zero-order valence-corrected chi connectivity index (χ0v) is 10.9. The van der Waals surface area contributed by atoms with Crippen molar-refractivity contribution >= 4 is 23.5 Å². The molecule has 0 fully saturated rings. The van der Waals surface area contributed by atoms with Gasteiger partial charge in [-0.05, 0) is 18.2 Å². The van der Waals surface area contributed by atoms with Crippen LogP contribution in [-0.4, -0.2) is 24.3 Å². The van der Waals surface area contributed by atoms with E-state index in [9.17, 15) is 13.2 Å². The second-order valence-corrected chi connectivity index (χ2v) is 3.97. The van der Waals surface area contributed by atoms with Crippen molar-refractivity contribution in [1.29, 1.82) is 15.9 Å². The number of alkyl halides is 3. The van der Waals surface area contributed by atoms with Gasteiger partial charge in [0.1, 0.15) is 17.5 Å². The highest BCUT2D eigenvalue weighted by atomic mass is 35.5. The van der Waals surface area contributed by atoms with Crippen LogP contribution in [0.5, 0.6) is 5.75 Å². The largest absolute Gasteiger partial charge is 0.573 e. The molecule has 0 spiro atoms. The predicted molar refractivity (Wildman–Crippen MR) is 68.5 cm³/mol. The number of hydrogen-bond acceptors (Lipinski definition) is 5. The van der Waals surface area contributed by atoms with Gasteiger partial charge in [0.25, 0.3) is 0 Å². The van der Waals surface area contributed by atoms with Crippen LogP contribution in [0.4, 0.5) is 13.2 Å². The summed E-state index contributed by atoms with van der Waals surface area (Å²) in [5.74, 6) is -0.494. The minimum absolute atomic E-state index is 0.0827. The van der Waals surface area contributed by atoms with Crippen LogP contribution >= 0.6 is 11.6 Å². The first-order valence-electron chi connectivity index (χ1n) is 5.23. The monoisotopic (exact) mass is 314 g/mol. The molecule has 9 heteroatoms. The first-order valence-corrected chi connectivity index (χ1v) is 5.61. The number of aliphatic imine (C=N–C) groups is 1. The van der Waals surface area contributed by atoms with E-state index >= 15 is 0 Å². The Kier molecular flexibility index (Phi) is 5.28. The molecule has 1 aromatic carbocycles. The number of halogens is 4. The number of nitrogens with zero attached hydrogens (tertiary/aromatic N) is 3. The van der Waals surface area contributed by atoms with E-state index in [0.717, 1.165) is 18.3 Å². The lowest BCUT2D eigenvalue weighted by atomic mass is 10.2. The van der Waals surface area contributed by atoms with Crippen LogP contribution in [0.1, 0.15) is 5.56 Å². The fourth-order valence-electron chi connectivity index (χ4n) is 1.20. The normalized spacial score (nSPS) is 12.5. The Balaban J connectivity index is 2.94. The molecule has 0 aliphatic rings. The quantitative estimate of drug-likeness (QED) is 0.865. The Labute approximate surface area is 122 Å². The summed E-state index contributed by atoms with van der Waals surface area (Å²) in [5.41, 5.74) is -0.334. The molecule has 0 amide bonds. The Morgan fingerprint density at radius 3 is 2.57 bits per heavy atom. The first kappa shape index (κ1) is 16.5. The zero-order valence-electron chi connectivity index (χ0n) is 10.1. The lowest BCUT2D eigenvalue weighted by molar-refractivity contribution is -0.274. The van der Waals surface area contributed by atoms with E-state index in [1.807, 2.05) is 0 Å². The van der Waals surface area contributed by atoms with Crippen LogP contribution < -0.4 is 4.74 Å². The van der Waals surface area contributed by atoms with Crippen molar-refractivity contribution in [3.8, 4) is 17.9 Å². The highest BCUT2D eigenvalue weighted by Crippen LogP contribution is 2.26. The third-order valence-corrected chi connectivity index (χ3v) is 2.41. The molecule has 1 unspecified atom stereocenters. The summed E-state index contributed by atoms with van der Waals surface area (Å²) in [4.78, 5) is 3.67. The van der Waals surface area contributed by atoms with E-state index in [0.29, 0.717) is 0 Å². The topological polar surface area (TPSA) is 93.0 Å². The highest BCUT2D eigenvalue weighted by molar-refractivity contribution is 6.33. The molecule has 0 aromatic heterocycles. The van der Waals surface area contributed by atoms with Gasteiger partial charge in [0.05, 0.1) is 11.1 Å². The number of hydrogen-bond donors (Lipinski definition) is 1. The standard InChI is InChI=1S/C12H6ClF3N4O/c13-9-3-8(21-12(14,15)16)2-1-7(9)6-20-11(5-18)10(19)4-17/h1-3,6,11,19H. The molecule has 0 saturated carbocycles. The number of nitrogens with one attached hydrogen (secondary N) is 1. The molecular weight excluding hydrogens is 309 g/mol. The molecule has 1 atom stereocenters. The number of benzene rings is 1. The zero-order chi connectivity index (χ0) is 16.0. The molecule has 5 nitrogen and oxygen atoms in total. The molecule has 1 aromatic rings. The van der Waals surface area contributed by atoms with Crippen molar-refractivity contribution in [2.75, 3.05) is 0 Å². The van der Waals surface area contributed by atoms with Crippen LogP contribution in [0.2, 0.25) is 5.02 Å². The van der Waals surface area contributed by atoms with E-state index in [2.05, 4.69) is 9.73 Å². The second kappa shape index (κ2) is 6.73. The molecule has 0 radical (unpaired) electrons. The molecule has 0 heterocycles. The summed E-state index contributed by atoms with van der Waals surface area (Å²) in [5, 5.41) is 24.3. The van der Waals surface area contributed by atoms with Gasteiger partial charge in [0, 0.05) is 11.8 Å². The van der Waals surface area contributed by atoms with Gasteiger partial charge in [-0.3, -0.25) is 10.4 Å². The third-order valence-electron chi connectivity index (χ3n) is 2.08. The molecule has 0 aliphatic carbocycles. The minimum Gasteiger partial charge on any atom is -0.406 e. The van der Waals surface area contributed by atoms with Crippen LogP contribution in [0.25, 0.3) is 0 Å². The number of ether oxygens (including phenoxy) is 1. The average Bonchev–Trinajstić information content (AvgIpc) is 2.39. The van der Waals surface area contributed by atoms with Crippen molar-refractivity contribution in [2.24, 2.45) is 4.99 Å². The Morgan fingerprint density at radius 1 is 1.43 bits per heavy atom. The van der Waals surface area contributed by atoms with E-state index in [4.69, 9.17) is 27.5 Å². The predicted octanol–water partition coefficient (Wildman–Crippen LogP) is 3.09. The van der Waals surface area contributed by atoms with Crippen LogP contribution in [0, 0.1) is 28.1 Å². The summed E-state index contributed by atoms with van der Waals surface area (Å²) in [6.07, 6.45) is -3.73. The highest BCUT2D eigenvalue weighted by Gasteiger charge is 2.31. The van der Waals surface area contributed by atoms with Gasteiger partial charge in [-0.1, -0.05) is 11.6 Å². The van der Waals surface area contributed by atoms with E-state index < -0.39 is 23.9 Å². The maximum Gasteiger partial charge on any atom is 0.573 e. The molecule has 1 rings (SSSR count). The summed E-state index contributed by atoms with van der Waals surface area (Å²) >= 11 is 5.76. The van der Waals surface area contributed by atoms with Crippen molar-refractivity contribution in [2.45, 2.75) is 12.4 Å². The maximum absolute atomic E-state index is 12.0. The van der Waals surface area contributed by atoms with Crippen molar-refractivity contribution < 1.29 is 17.9 Å². The van der Waals surface area contributed by atoms with Gasteiger partial charge in [-0.25, -0.2) is 0 Å². The molecule has 0 bridgehead atoms. The number of nitriles is 2. The molecule has 0 saturated heterocycles. The SMILES string of the molecule is N#CC(=N)C(C#N)N=Cc1ccc(OC(F)(F)F)cc1Cl. The van der Waals surface area contributed by atoms with Gasteiger partial charge in [0.15, 0.2) is 6.04 Å². The van der Waals surface area contributed by atoms with Crippen LogP contribution in [-0.2, 0) is 0 Å². The van der Waals surface area contributed by atoms with Gasteiger partial charge >= 0.3 is 6.36 Å². The maximum atomic E-state index is 12.0. The summed E-state index contributed by atoms with van der Waals surface area (Å²) in [7, 11) is 0. The van der Waals surface area contributed by atoms with Gasteiger partial charge in [0.2, 0.25) is 0 Å². The van der Waals surface area contributed by atoms with Crippen LogP contribution in [0.3, 0.4) is 0 Å². The lowest BCUT2D eigenvalue weighted by Gasteiger charge is -2.09. The average molecular weight is 315 g/mol. The van der Waals surface area contributed by atoms with E-state index in [1.165, 1.54) is 12.1 Å². The Hall–Kier alpha value is -2.58. The van der Waals surface area contributed by atoms with E-state index in [-0.39, 0.29) is 10.6 Å².